The zero-order valence-electron chi connectivity index (χ0n) is 20.9. The molecule has 1 fully saturated rings. The highest BCUT2D eigenvalue weighted by Gasteiger charge is 2.36. The molecule has 0 bridgehead atoms. The molecule has 1 aromatic carbocycles. The zero-order valence-corrected chi connectivity index (χ0v) is 20.9. The fourth-order valence-electron chi connectivity index (χ4n) is 4.76. The van der Waals surface area contributed by atoms with E-state index in [1.54, 1.807) is 24.7 Å². The number of methoxy groups -OCH3 is 1. The summed E-state index contributed by atoms with van der Waals surface area (Å²) >= 11 is 0. The van der Waals surface area contributed by atoms with Gasteiger partial charge in [-0.3, -0.25) is 4.79 Å². The second-order valence-electron chi connectivity index (χ2n) is 9.79. The Morgan fingerprint density at radius 2 is 2.00 bits per heavy atom. The number of halogens is 1. The Balaban J connectivity index is 1.89. The lowest BCUT2D eigenvalue weighted by Crippen LogP contribution is -2.57. The Morgan fingerprint density at radius 1 is 1.26 bits per heavy atom. The molecule has 194 valence electrons. The Bertz CT molecular complexity index is 1020. The van der Waals surface area contributed by atoms with Gasteiger partial charge < -0.3 is 29.7 Å². The lowest BCUT2D eigenvalue weighted by molar-refractivity contribution is 0.0445. The van der Waals surface area contributed by atoms with E-state index in [-0.39, 0.29) is 42.6 Å². The van der Waals surface area contributed by atoms with E-state index in [0.29, 0.717) is 30.6 Å². The van der Waals surface area contributed by atoms with Crippen LogP contribution in [0.15, 0.2) is 18.2 Å². The quantitative estimate of drug-likeness (QED) is 0.326. The number of aliphatic hydroxyl groups excluding tert-OH is 1. The third-order valence-electron chi connectivity index (χ3n) is 6.71. The minimum absolute atomic E-state index is 0.105. The number of fused-ring (bicyclic) bond motifs is 1. The second kappa shape index (κ2) is 11.9. The number of imidazole rings is 1. The van der Waals surface area contributed by atoms with E-state index in [1.165, 1.54) is 17.0 Å². The number of nitrogens with one attached hydrogen (secondary N) is 1. The Kier molecular flexibility index (Phi) is 9.21. The van der Waals surface area contributed by atoms with E-state index in [2.05, 4.69) is 10.3 Å². The van der Waals surface area contributed by atoms with Gasteiger partial charge in [0.1, 0.15) is 5.82 Å². The summed E-state index contributed by atoms with van der Waals surface area (Å²) in [4.78, 5) is 31.3. The zero-order chi connectivity index (χ0) is 25.7. The van der Waals surface area contributed by atoms with Crippen molar-refractivity contribution in [1.29, 1.82) is 0 Å². The summed E-state index contributed by atoms with van der Waals surface area (Å²) in [6.07, 6.45) is 0.368. The normalized spacial score (nSPS) is 20.4. The highest BCUT2D eigenvalue weighted by Crippen LogP contribution is 2.24. The molecule has 0 saturated carbocycles. The van der Waals surface area contributed by atoms with Crippen molar-refractivity contribution in [3.63, 3.8) is 0 Å². The molecule has 0 radical (unpaired) electrons. The molecule has 35 heavy (non-hydrogen) atoms. The first-order valence-electron chi connectivity index (χ1n) is 12.2. The molecule has 4 atom stereocenters. The van der Waals surface area contributed by atoms with Crippen molar-refractivity contribution >= 4 is 22.9 Å². The number of likely N-dealkylation sites (tertiary alicyclic amines) is 1. The summed E-state index contributed by atoms with van der Waals surface area (Å²) in [6, 6.07) is 3.38. The lowest BCUT2D eigenvalue weighted by atomic mass is 9.88. The number of aryl methyl sites for hydroxylation is 1. The number of piperidine rings is 1. The van der Waals surface area contributed by atoms with Gasteiger partial charge in [-0.2, -0.15) is 0 Å². The number of Topliss-reactive ketones (excluding diaryl/α,β-unsaturated/α-hetero) is 1. The smallest absolute Gasteiger partial charge is 0.407 e. The fraction of sp³-hybridized carbons (Fsp3) is 0.640. The number of carbonyl (C=O) groups is 2. The number of ketones is 1. The van der Waals surface area contributed by atoms with Gasteiger partial charge in [-0.15, -0.1) is 0 Å². The van der Waals surface area contributed by atoms with E-state index >= 15 is 0 Å². The highest BCUT2D eigenvalue weighted by molar-refractivity contribution is 6.00. The number of carboxylic acid groups (broad SMARTS) is 1. The first kappa shape index (κ1) is 27.0. The predicted molar refractivity (Wildman–Crippen MR) is 130 cm³/mol. The maximum Gasteiger partial charge on any atom is 0.407 e. The van der Waals surface area contributed by atoms with Gasteiger partial charge in [-0.25, -0.2) is 14.2 Å². The van der Waals surface area contributed by atoms with Gasteiger partial charge in [0.15, 0.2) is 5.82 Å². The number of carbonyl (C=O) groups excluding carboxylic acids is 1. The maximum absolute atomic E-state index is 14.0. The van der Waals surface area contributed by atoms with Crippen molar-refractivity contribution in [2.75, 3.05) is 26.8 Å². The minimum Gasteiger partial charge on any atom is -0.465 e. The summed E-state index contributed by atoms with van der Waals surface area (Å²) in [7, 11) is 1.63. The Hall–Kier alpha value is -2.56. The van der Waals surface area contributed by atoms with Crippen molar-refractivity contribution in [3.8, 4) is 0 Å². The third-order valence-corrected chi connectivity index (χ3v) is 6.71. The summed E-state index contributed by atoms with van der Waals surface area (Å²) < 4.78 is 20.9. The molecule has 1 aliphatic rings. The van der Waals surface area contributed by atoms with Crippen molar-refractivity contribution in [2.45, 2.75) is 64.8 Å². The van der Waals surface area contributed by atoms with Crippen molar-refractivity contribution < 1.29 is 28.9 Å². The van der Waals surface area contributed by atoms with Crippen LogP contribution in [-0.4, -0.2) is 81.5 Å². The molecule has 1 aliphatic heterocycles. The van der Waals surface area contributed by atoms with Gasteiger partial charge in [0, 0.05) is 45.3 Å². The largest absolute Gasteiger partial charge is 0.465 e. The molecule has 10 heteroatoms. The molecule has 3 rings (SSSR count). The lowest BCUT2D eigenvalue weighted by Gasteiger charge is -2.39. The van der Waals surface area contributed by atoms with Gasteiger partial charge in [0.2, 0.25) is 5.78 Å². The SMILES string of the molecule is COCCCCn1c(C(=O)C(N[C@H]2C[C@@H](C(C)O)CN(C(=O)O)C2)C(C)C)nc2ccc(F)cc21. The topological polar surface area (TPSA) is 117 Å². The van der Waals surface area contributed by atoms with Crippen LogP contribution in [0.5, 0.6) is 0 Å². The number of rotatable bonds is 11. The number of aromatic nitrogens is 2. The number of aliphatic hydroxyl groups is 1. The number of amides is 1. The molecule has 3 N–H and O–H groups in total. The van der Waals surface area contributed by atoms with Crippen molar-refractivity contribution in [1.82, 2.24) is 19.8 Å². The van der Waals surface area contributed by atoms with Crippen LogP contribution in [0, 0.1) is 17.7 Å². The first-order valence-corrected chi connectivity index (χ1v) is 12.2. The van der Waals surface area contributed by atoms with Crippen molar-refractivity contribution in [2.24, 2.45) is 11.8 Å². The summed E-state index contributed by atoms with van der Waals surface area (Å²) in [5.74, 6) is -0.690. The fourth-order valence-corrected chi connectivity index (χ4v) is 4.76. The highest BCUT2D eigenvalue weighted by atomic mass is 19.1. The molecule has 1 aromatic heterocycles. The summed E-state index contributed by atoms with van der Waals surface area (Å²) in [6.45, 7) is 7.07. The average molecular weight is 493 g/mol. The molecule has 0 aliphatic carbocycles. The van der Waals surface area contributed by atoms with Gasteiger partial charge in [0.05, 0.1) is 23.2 Å². The third kappa shape index (κ3) is 6.56. The molecule has 0 spiro atoms. The standard InChI is InChI=1S/C25H37FN4O5/c1-15(2)22(27-19-11-17(16(3)31)13-29(14-19)25(33)34)23(32)24-28-20-8-7-18(26)12-21(20)30(24)9-5-6-10-35-4/h7-8,12,15-17,19,22,27,31H,5-6,9-11,13-14H2,1-4H3,(H,33,34)/t16?,17-,19+,22?/m1/s1. The monoisotopic (exact) mass is 492 g/mol. The molecular formula is C25H37FN4O5. The van der Waals surface area contributed by atoms with Gasteiger partial charge in [-0.1, -0.05) is 13.8 Å². The van der Waals surface area contributed by atoms with E-state index in [1.807, 2.05) is 13.8 Å². The van der Waals surface area contributed by atoms with Crippen LogP contribution in [0.25, 0.3) is 11.0 Å². The molecule has 2 aromatic rings. The number of nitrogens with zero attached hydrogens (tertiary/aromatic N) is 3. The Morgan fingerprint density at radius 3 is 2.63 bits per heavy atom. The number of unbranched alkanes of at least 4 members (excludes halogenated alkanes) is 1. The number of hydrogen-bond donors (Lipinski definition) is 3. The molecule has 1 saturated heterocycles. The summed E-state index contributed by atoms with van der Waals surface area (Å²) in [5.41, 5.74) is 1.12. The summed E-state index contributed by atoms with van der Waals surface area (Å²) in [5, 5.41) is 23.0. The average Bonchev–Trinajstić information content (AvgIpc) is 3.17. The van der Waals surface area contributed by atoms with Crippen LogP contribution >= 0.6 is 0 Å². The predicted octanol–water partition coefficient (Wildman–Crippen LogP) is 3.15. The minimum atomic E-state index is -1.05. The van der Waals surface area contributed by atoms with Gasteiger partial charge >= 0.3 is 6.09 Å². The van der Waals surface area contributed by atoms with E-state index in [9.17, 15) is 24.2 Å². The first-order chi connectivity index (χ1) is 16.6. The number of ether oxygens (including phenoxy) is 1. The molecular weight excluding hydrogens is 455 g/mol. The van der Waals surface area contributed by atoms with Crippen LogP contribution in [0.4, 0.5) is 9.18 Å². The molecule has 9 nitrogen and oxygen atoms in total. The van der Waals surface area contributed by atoms with E-state index in [0.717, 1.165) is 12.8 Å². The van der Waals surface area contributed by atoms with Crippen LogP contribution < -0.4 is 5.32 Å². The van der Waals surface area contributed by atoms with Crippen LogP contribution in [0.1, 0.15) is 50.7 Å². The van der Waals surface area contributed by atoms with Crippen LogP contribution in [-0.2, 0) is 11.3 Å². The van der Waals surface area contributed by atoms with E-state index < -0.39 is 24.1 Å². The number of benzene rings is 1. The van der Waals surface area contributed by atoms with Crippen LogP contribution in [0.3, 0.4) is 0 Å². The van der Waals surface area contributed by atoms with Gasteiger partial charge in [-0.05, 0) is 50.3 Å². The molecule has 2 heterocycles. The van der Waals surface area contributed by atoms with Crippen LogP contribution in [0.2, 0.25) is 0 Å². The maximum atomic E-state index is 14.0. The van der Waals surface area contributed by atoms with Crippen molar-refractivity contribution in [3.05, 3.63) is 29.8 Å². The Labute approximate surface area is 205 Å². The molecule has 1 amide bonds. The number of hydrogen-bond acceptors (Lipinski definition) is 6. The van der Waals surface area contributed by atoms with E-state index in [4.69, 9.17) is 4.74 Å². The second-order valence-corrected chi connectivity index (χ2v) is 9.79. The van der Waals surface area contributed by atoms with Gasteiger partial charge in [0.25, 0.3) is 0 Å². The molecule has 2 unspecified atom stereocenters.